The van der Waals surface area contributed by atoms with Crippen LogP contribution in [0.2, 0.25) is 25.7 Å². The summed E-state index contributed by atoms with van der Waals surface area (Å²) >= 11 is 1.63. The maximum Gasteiger partial charge on any atom is 0.342 e. The molecule has 0 saturated carbocycles. The van der Waals surface area contributed by atoms with Crippen molar-refractivity contribution < 1.29 is 28.5 Å². The lowest BCUT2D eigenvalue weighted by Gasteiger charge is -2.18. The van der Waals surface area contributed by atoms with Crippen molar-refractivity contribution in [3.8, 4) is 23.3 Å². The highest BCUT2D eigenvalue weighted by Gasteiger charge is 2.23. The summed E-state index contributed by atoms with van der Waals surface area (Å²) in [7, 11) is 1.81. The van der Waals surface area contributed by atoms with Gasteiger partial charge in [-0.2, -0.15) is 0 Å². The number of carbonyl (C=O) groups excluding carboxylic acids is 1. The van der Waals surface area contributed by atoms with Gasteiger partial charge in [-0.15, -0.1) is 11.8 Å². The summed E-state index contributed by atoms with van der Waals surface area (Å²) in [5, 5.41) is 0. The van der Waals surface area contributed by atoms with Crippen LogP contribution >= 0.6 is 11.8 Å². The number of carbonyl (C=O) groups is 1. The molecule has 0 spiro atoms. The number of methoxy groups -OCH3 is 2. The number of hydrogen-bond acceptors (Lipinski definition) is 7. The van der Waals surface area contributed by atoms with Crippen LogP contribution in [-0.2, 0) is 26.6 Å². The molecule has 6 nitrogen and oxygen atoms in total. The summed E-state index contributed by atoms with van der Waals surface area (Å²) in [5.41, 5.74) is 2.93. The smallest absolute Gasteiger partial charge is 0.342 e. The third-order valence-electron chi connectivity index (χ3n) is 5.85. The first kappa shape index (κ1) is 31.3. The first-order valence-corrected chi connectivity index (χ1v) is 17.8. The second kappa shape index (κ2) is 16.1. The predicted octanol–water partition coefficient (Wildman–Crippen LogP) is 7.03. The van der Waals surface area contributed by atoms with Gasteiger partial charge in [0.15, 0.2) is 6.79 Å². The molecule has 0 aliphatic rings. The summed E-state index contributed by atoms with van der Waals surface area (Å²) < 4.78 is 27.7. The Balaban J connectivity index is 1.85. The molecule has 0 bridgehead atoms. The molecule has 0 N–H and O–H groups in total. The van der Waals surface area contributed by atoms with Gasteiger partial charge in [0.25, 0.3) is 0 Å². The van der Waals surface area contributed by atoms with Gasteiger partial charge in [0, 0.05) is 31.4 Å². The van der Waals surface area contributed by atoms with Crippen molar-refractivity contribution in [2.24, 2.45) is 0 Å². The summed E-state index contributed by atoms with van der Waals surface area (Å²) in [6.45, 7) is 7.83. The lowest BCUT2D eigenvalue weighted by molar-refractivity contribution is 0.0436. The van der Waals surface area contributed by atoms with Crippen LogP contribution in [0.15, 0.2) is 71.6 Å². The molecule has 0 unspecified atom stereocenters. The third-order valence-corrected chi connectivity index (χ3v) is 8.59. The molecule has 0 fully saturated rings. The molecule has 212 valence electrons. The number of rotatable bonds is 14. The predicted molar refractivity (Wildman–Crippen MR) is 163 cm³/mol. The SMILES string of the molecule is COCOc1ccc(C#CCOCc2ccc(OC)cc2)c(CSc2ccccc2)c1C(=O)OCC[Si](C)(C)C. The van der Waals surface area contributed by atoms with E-state index in [0.717, 1.165) is 33.4 Å². The minimum Gasteiger partial charge on any atom is -0.497 e. The molecule has 3 aromatic carbocycles. The number of esters is 1. The Morgan fingerprint density at radius 2 is 1.70 bits per heavy atom. The summed E-state index contributed by atoms with van der Waals surface area (Å²) in [5.74, 6) is 7.66. The quantitative estimate of drug-likeness (QED) is 0.0508. The molecule has 0 atom stereocenters. The Morgan fingerprint density at radius 1 is 0.950 bits per heavy atom. The minimum atomic E-state index is -1.37. The molecule has 0 saturated heterocycles. The number of thioether (sulfide) groups is 1. The molecule has 0 radical (unpaired) electrons. The molecular weight excluding hydrogens is 540 g/mol. The van der Waals surface area contributed by atoms with E-state index in [1.54, 1.807) is 32.0 Å². The lowest BCUT2D eigenvalue weighted by Crippen LogP contribution is -2.23. The van der Waals surface area contributed by atoms with Gasteiger partial charge in [-0.3, -0.25) is 0 Å². The van der Waals surface area contributed by atoms with Gasteiger partial charge < -0.3 is 23.7 Å². The fraction of sp³-hybridized carbons (Fsp3) is 0.344. The lowest BCUT2D eigenvalue weighted by atomic mass is 10.0. The zero-order valence-electron chi connectivity index (χ0n) is 24.0. The molecule has 3 aromatic rings. The van der Waals surface area contributed by atoms with Gasteiger partial charge in [0.1, 0.15) is 23.7 Å². The fourth-order valence-corrected chi connectivity index (χ4v) is 5.30. The monoisotopic (exact) mass is 578 g/mol. The van der Waals surface area contributed by atoms with Crippen LogP contribution in [-0.4, -0.2) is 48.3 Å². The minimum absolute atomic E-state index is 0.0185. The van der Waals surface area contributed by atoms with E-state index in [9.17, 15) is 4.79 Å². The maximum atomic E-state index is 13.5. The first-order valence-electron chi connectivity index (χ1n) is 13.1. The van der Waals surface area contributed by atoms with Crippen LogP contribution < -0.4 is 9.47 Å². The molecule has 0 aromatic heterocycles. The Bertz CT molecular complexity index is 1280. The Kier molecular flexibility index (Phi) is 12.6. The normalized spacial score (nSPS) is 10.9. The van der Waals surface area contributed by atoms with E-state index in [4.69, 9.17) is 23.7 Å². The zero-order valence-corrected chi connectivity index (χ0v) is 25.8. The van der Waals surface area contributed by atoms with Crippen LogP contribution in [0.25, 0.3) is 0 Å². The van der Waals surface area contributed by atoms with Crippen molar-refractivity contribution in [3.05, 3.63) is 89.0 Å². The van der Waals surface area contributed by atoms with Crippen LogP contribution in [0, 0.1) is 11.8 Å². The van der Waals surface area contributed by atoms with E-state index >= 15 is 0 Å². The largest absolute Gasteiger partial charge is 0.497 e. The van der Waals surface area contributed by atoms with Crippen LogP contribution in [0.4, 0.5) is 0 Å². The number of hydrogen-bond donors (Lipinski definition) is 0. The second-order valence-corrected chi connectivity index (χ2v) is 16.9. The zero-order chi connectivity index (χ0) is 28.8. The van der Waals surface area contributed by atoms with E-state index in [-0.39, 0.29) is 13.4 Å². The average Bonchev–Trinajstić information content (AvgIpc) is 2.95. The molecule has 8 heteroatoms. The highest BCUT2D eigenvalue weighted by Crippen LogP contribution is 2.32. The van der Waals surface area contributed by atoms with Crippen LogP contribution in [0.1, 0.15) is 27.0 Å². The molecule has 0 aliphatic heterocycles. The van der Waals surface area contributed by atoms with Gasteiger partial charge in [-0.1, -0.05) is 61.8 Å². The fourth-order valence-electron chi connectivity index (χ4n) is 3.63. The standard InChI is InChI=1S/C32H38O6SSi/c1-34-24-38-30-18-15-26(10-9-19-36-22-25-13-16-27(35-2)17-14-25)29(23-39-28-11-7-6-8-12-28)31(30)32(33)37-20-21-40(3,4)5/h6-8,11-18H,19-24H2,1-5H3. The summed E-state index contributed by atoms with van der Waals surface area (Å²) in [6.07, 6.45) is 0. The summed E-state index contributed by atoms with van der Waals surface area (Å²) in [4.78, 5) is 14.5. The highest BCUT2D eigenvalue weighted by molar-refractivity contribution is 7.98. The summed E-state index contributed by atoms with van der Waals surface area (Å²) in [6, 6.07) is 22.3. The second-order valence-electron chi connectivity index (χ2n) is 10.2. The van der Waals surface area contributed by atoms with Gasteiger partial charge in [0.05, 0.1) is 20.3 Å². The molecule has 0 amide bonds. The molecule has 40 heavy (non-hydrogen) atoms. The third kappa shape index (κ3) is 10.4. The van der Waals surface area contributed by atoms with Gasteiger partial charge >= 0.3 is 5.97 Å². The highest BCUT2D eigenvalue weighted by atomic mass is 32.2. The van der Waals surface area contributed by atoms with Gasteiger partial charge in [0.2, 0.25) is 0 Å². The molecule has 0 heterocycles. The molecule has 0 aliphatic carbocycles. The van der Waals surface area contributed by atoms with Crippen LogP contribution in [0.5, 0.6) is 11.5 Å². The van der Waals surface area contributed by atoms with E-state index in [2.05, 4.69) is 31.5 Å². The van der Waals surface area contributed by atoms with Crippen molar-refractivity contribution in [1.29, 1.82) is 0 Å². The molecular formula is C32H38O6SSi. The van der Waals surface area contributed by atoms with Crippen molar-refractivity contribution in [3.63, 3.8) is 0 Å². The van der Waals surface area contributed by atoms with Gasteiger partial charge in [-0.25, -0.2) is 4.79 Å². The van der Waals surface area contributed by atoms with Gasteiger partial charge in [-0.05, 0) is 53.6 Å². The number of benzene rings is 3. The van der Waals surface area contributed by atoms with Crippen molar-refractivity contribution in [2.45, 2.75) is 42.9 Å². The van der Waals surface area contributed by atoms with E-state index in [1.807, 2.05) is 60.7 Å². The Labute approximate surface area is 243 Å². The topological polar surface area (TPSA) is 63.2 Å². The molecule has 3 rings (SSSR count). The first-order chi connectivity index (χ1) is 19.3. The maximum absolute atomic E-state index is 13.5. The Morgan fingerprint density at radius 3 is 2.38 bits per heavy atom. The van der Waals surface area contributed by atoms with E-state index in [1.165, 1.54) is 0 Å². The number of ether oxygens (including phenoxy) is 5. The Hall–Kier alpha value is -3.22. The average molecular weight is 579 g/mol. The van der Waals surface area contributed by atoms with E-state index in [0.29, 0.717) is 30.3 Å². The van der Waals surface area contributed by atoms with Crippen molar-refractivity contribution in [2.75, 3.05) is 34.2 Å². The van der Waals surface area contributed by atoms with Crippen LogP contribution in [0.3, 0.4) is 0 Å². The van der Waals surface area contributed by atoms with Crippen molar-refractivity contribution >= 4 is 25.8 Å². The van der Waals surface area contributed by atoms with E-state index < -0.39 is 14.0 Å². The van der Waals surface area contributed by atoms with Crippen molar-refractivity contribution in [1.82, 2.24) is 0 Å².